The zero-order valence-corrected chi connectivity index (χ0v) is 28.6. The normalized spacial score (nSPS) is 15.8. The highest BCUT2D eigenvalue weighted by Crippen LogP contribution is 2.39. The van der Waals surface area contributed by atoms with Gasteiger partial charge in [-0.15, -0.1) is 0 Å². The molecule has 1 aromatic heterocycles. The highest BCUT2D eigenvalue weighted by atomic mass is 32.2. The molecule has 1 aliphatic heterocycles. The van der Waals surface area contributed by atoms with Crippen molar-refractivity contribution in [1.29, 1.82) is 0 Å². The molecule has 0 unspecified atom stereocenters. The molecular weight excluding hydrogens is 682 g/mol. The number of hydrogen-bond acceptors (Lipinski definition) is 6. The van der Waals surface area contributed by atoms with E-state index in [0.29, 0.717) is 13.1 Å². The number of halogens is 6. The van der Waals surface area contributed by atoms with Crippen LogP contribution in [0, 0.1) is 0 Å². The molecule has 0 radical (unpaired) electrons. The number of piperidine rings is 1. The Labute approximate surface area is 287 Å². The average molecular weight is 721 g/mol. The molecule has 1 atom stereocenters. The van der Waals surface area contributed by atoms with E-state index < -0.39 is 39.7 Å². The van der Waals surface area contributed by atoms with Crippen LogP contribution in [0.4, 0.5) is 26.3 Å². The van der Waals surface area contributed by atoms with E-state index in [4.69, 9.17) is 0 Å². The van der Waals surface area contributed by atoms with E-state index in [0.717, 1.165) is 44.2 Å². The van der Waals surface area contributed by atoms with Crippen molar-refractivity contribution >= 4 is 26.6 Å². The van der Waals surface area contributed by atoms with Gasteiger partial charge in [0.05, 0.1) is 27.2 Å². The standard InChI is InChI=1S/C36H38F6N4O3S/c1-4-18-45(2)26-16-19-46(20-17-26)22-28-30(34(47)44-33(36(40,41)42)23-10-6-5-7-11-23)27-14-9-15-29(50(3,48)49)32(27)43-31(28)24-12-8-13-25(21-24)35(37,38)39/h5-15,21,26,33H,4,16-20,22H2,1-3H3,(H,44,47)/t33-/m1/s1. The van der Waals surface area contributed by atoms with Gasteiger partial charge in [-0.25, -0.2) is 13.4 Å². The minimum Gasteiger partial charge on any atom is -0.337 e. The first kappa shape index (κ1) is 37.3. The first-order valence-electron chi connectivity index (χ1n) is 16.2. The van der Waals surface area contributed by atoms with E-state index in [9.17, 15) is 39.6 Å². The molecule has 50 heavy (non-hydrogen) atoms. The second kappa shape index (κ2) is 14.7. The lowest BCUT2D eigenvalue weighted by atomic mass is 9.93. The second-order valence-corrected chi connectivity index (χ2v) is 14.6. The van der Waals surface area contributed by atoms with Crippen LogP contribution in [0.5, 0.6) is 0 Å². The number of likely N-dealkylation sites (tertiary alicyclic amines) is 1. The van der Waals surface area contributed by atoms with Gasteiger partial charge in [0, 0.05) is 35.4 Å². The van der Waals surface area contributed by atoms with Crippen LogP contribution < -0.4 is 5.32 Å². The summed E-state index contributed by atoms with van der Waals surface area (Å²) in [5.74, 6) is -1.17. The Morgan fingerprint density at radius 3 is 2.24 bits per heavy atom. The number of sulfone groups is 1. The number of nitrogens with zero attached hydrogens (tertiary/aromatic N) is 3. The van der Waals surface area contributed by atoms with Gasteiger partial charge in [0.15, 0.2) is 15.9 Å². The van der Waals surface area contributed by atoms with Crippen LogP contribution in [0.25, 0.3) is 22.2 Å². The van der Waals surface area contributed by atoms with Gasteiger partial charge in [-0.2, -0.15) is 26.3 Å². The topological polar surface area (TPSA) is 82.6 Å². The van der Waals surface area contributed by atoms with Gasteiger partial charge in [0.2, 0.25) is 0 Å². The average Bonchev–Trinajstić information content (AvgIpc) is 3.06. The highest BCUT2D eigenvalue weighted by molar-refractivity contribution is 7.91. The number of hydrogen-bond donors (Lipinski definition) is 1. The maximum atomic E-state index is 14.5. The summed E-state index contributed by atoms with van der Waals surface area (Å²) in [7, 11) is -1.98. The summed E-state index contributed by atoms with van der Waals surface area (Å²) in [5.41, 5.74) is -1.87. The first-order chi connectivity index (χ1) is 23.5. The number of pyridine rings is 1. The SMILES string of the molecule is CCCN(C)C1CCN(Cc2c(-c3cccc(C(F)(F)F)c3)nc3c(S(C)(=O)=O)cccc3c2C(=O)N[C@H](c2ccccc2)C(F)(F)F)CC1. The van der Waals surface area contributed by atoms with Crippen molar-refractivity contribution in [3.05, 3.63) is 95.1 Å². The number of benzene rings is 3. The number of carbonyl (C=O) groups is 1. The monoisotopic (exact) mass is 720 g/mol. The van der Waals surface area contributed by atoms with Crippen LogP contribution in [0.3, 0.4) is 0 Å². The van der Waals surface area contributed by atoms with Gasteiger partial charge < -0.3 is 10.2 Å². The Kier molecular flexibility index (Phi) is 10.9. The molecule has 2 heterocycles. The molecule has 7 nitrogen and oxygen atoms in total. The Morgan fingerprint density at radius 2 is 1.64 bits per heavy atom. The third-order valence-electron chi connectivity index (χ3n) is 9.04. The van der Waals surface area contributed by atoms with Gasteiger partial charge in [-0.3, -0.25) is 9.69 Å². The summed E-state index contributed by atoms with van der Waals surface area (Å²) in [6, 6.07) is 12.8. The summed E-state index contributed by atoms with van der Waals surface area (Å²) in [4.78, 5) is 22.9. The summed E-state index contributed by atoms with van der Waals surface area (Å²) in [6.45, 7) is 4.02. The highest BCUT2D eigenvalue weighted by Gasteiger charge is 2.43. The Balaban J connectivity index is 1.75. The Hall–Kier alpha value is -4.01. The number of alkyl halides is 6. The zero-order chi connectivity index (χ0) is 36.4. The second-order valence-electron chi connectivity index (χ2n) is 12.7. The third kappa shape index (κ3) is 8.30. The van der Waals surface area contributed by atoms with Crippen LogP contribution in [0.2, 0.25) is 0 Å². The maximum absolute atomic E-state index is 14.5. The van der Waals surface area contributed by atoms with Crippen LogP contribution >= 0.6 is 0 Å². The predicted molar refractivity (Wildman–Crippen MR) is 179 cm³/mol. The minimum absolute atomic E-state index is 0.0351. The van der Waals surface area contributed by atoms with E-state index in [1.807, 2.05) is 11.9 Å². The van der Waals surface area contributed by atoms with Gasteiger partial charge >= 0.3 is 12.4 Å². The fourth-order valence-corrected chi connectivity index (χ4v) is 7.41. The number of amides is 1. The zero-order valence-electron chi connectivity index (χ0n) is 27.8. The van der Waals surface area contributed by atoms with Crippen LogP contribution in [0.15, 0.2) is 77.7 Å². The molecule has 5 rings (SSSR count). The molecule has 0 spiro atoms. The van der Waals surface area contributed by atoms with Gasteiger partial charge in [-0.1, -0.05) is 61.5 Å². The number of para-hydroxylation sites is 1. The fourth-order valence-electron chi connectivity index (χ4n) is 6.57. The Morgan fingerprint density at radius 1 is 0.980 bits per heavy atom. The number of rotatable bonds is 10. The molecule has 1 fully saturated rings. The van der Waals surface area contributed by atoms with E-state index in [1.54, 1.807) is 0 Å². The largest absolute Gasteiger partial charge is 0.416 e. The van der Waals surface area contributed by atoms with Gasteiger partial charge in [0.25, 0.3) is 5.91 Å². The van der Waals surface area contributed by atoms with Crippen molar-refractivity contribution in [3.8, 4) is 11.3 Å². The molecule has 3 aromatic carbocycles. The summed E-state index contributed by atoms with van der Waals surface area (Å²) < 4.78 is 111. The fraction of sp³-hybridized carbons (Fsp3) is 0.389. The summed E-state index contributed by atoms with van der Waals surface area (Å²) >= 11 is 0. The molecule has 1 amide bonds. The molecule has 0 bridgehead atoms. The molecule has 1 aliphatic rings. The maximum Gasteiger partial charge on any atom is 0.416 e. The number of carbonyl (C=O) groups excluding carboxylic acids is 1. The minimum atomic E-state index is -4.92. The quantitative estimate of drug-likeness (QED) is 0.170. The molecule has 0 saturated carbocycles. The van der Waals surface area contributed by atoms with Crippen molar-refractivity contribution < 1.29 is 39.6 Å². The number of fused-ring (bicyclic) bond motifs is 1. The van der Waals surface area contributed by atoms with Crippen LogP contribution in [-0.2, 0) is 22.6 Å². The molecule has 1 saturated heterocycles. The van der Waals surface area contributed by atoms with Crippen molar-refractivity contribution in [2.75, 3.05) is 32.9 Å². The molecule has 268 valence electrons. The number of nitrogens with one attached hydrogen (secondary N) is 1. The van der Waals surface area contributed by atoms with Crippen molar-refractivity contribution in [2.24, 2.45) is 0 Å². The van der Waals surface area contributed by atoms with Crippen LogP contribution in [0.1, 0.15) is 59.3 Å². The van der Waals surface area contributed by atoms with Gasteiger partial charge in [-0.05, 0) is 69.7 Å². The number of aromatic nitrogens is 1. The lowest BCUT2D eigenvalue weighted by molar-refractivity contribution is -0.155. The van der Waals surface area contributed by atoms with E-state index in [1.165, 1.54) is 60.7 Å². The lowest BCUT2D eigenvalue weighted by Gasteiger charge is -2.37. The summed E-state index contributed by atoms with van der Waals surface area (Å²) in [6.07, 6.45) is -6.28. The molecule has 0 aliphatic carbocycles. The van der Waals surface area contributed by atoms with E-state index >= 15 is 0 Å². The van der Waals surface area contributed by atoms with Crippen molar-refractivity contribution in [2.45, 2.75) is 62.1 Å². The van der Waals surface area contributed by atoms with E-state index in [-0.39, 0.29) is 56.3 Å². The molecular formula is C36H38F6N4O3S. The lowest BCUT2D eigenvalue weighted by Crippen LogP contribution is -2.43. The van der Waals surface area contributed by atoms with Gasteiger partial charge in [0.1, 0.15) is 0 Å². The Bertz CT molecular complexity index is 1940. The van der Waals surface area contributed by atoms with Crippen molar-refractivity contribution in [1.82, 2.24) is 20.1 Å². The van der Waals surface area contributed by atoms with Crippen molar-refractivity contribution in [3.63, 3.8) is 0 Å². The third-order valence-corrected chi connectivity index (χ3v) is 10.2. The smallest absolute Gasteiger partial charge is 0.337 e. The predicted octanol–water partition coefficient (Wildman–Crippen LogP) is 7.66. The molecule has 1 N–H and O–H groups in total. The molecule has 4 aromatic rings. The summed E-state index contributed by atoms with van der Waals surface area (Å²) in [5, 5.41) is 2.08. The first-order valence-corrected chi connectivity index (χ1v) is 18.1. The molecule has 14 heteroatoms. The van der Waals surface area contributed by atoms with Crippen LogP contribution in [-0.4, -0.2) is 74.3 Å². The van der Waals surface area contributed by atoms with E-state index in [2.05, 4.69) is 22.1 Å².